The molecule has 14 rings (SSSR count). The van der Waals surface area contributed by atoms with Crippen molar-refractivity contribution in [2.24, 2.45) is 0 Å². The molecule has 0 amide bonds. The smallest absolute Gasteiger partial charge is 0.125 e. The minimum Gasteiger partial charge on any atom is -0.497 e. The lowest BCUT2D eigenvalue weighted by atomic mass is 9.67. The van der Waals surface area contributed by atoms with E-state index in [0.29, 0.717) is 18.9 Å². The van der Waals surface area contributed by atoms with Crippen molar-refractivity contribution >= 4 is 39.7 Å². The van der Waals surface area contributed by atoms with Crippen molar-refractivity contribution < 1.29 is 23.3 Å². The molecule has 448 valence electrons. The first-order valence-corrected chi connectivity index (χ1v) is 30.9. The Morgan fingerprint density at radius 1 is 0.370 bits per heavy atom. The molecule has 92 heavy (non-hydrogen) atoms. The van der Waals surface area contributed by atoms with Crippen molar-refractivity contribution in [3.05, 3.63) is 367 Å². The van der Waals surface area contributed by atoms with Gasteiger partial charge in [-0.1, -0.05) is 189 Å². The van der Waals surface area contributed by atoms with E-state index in [1.807, 2.05) is 37.3 Å². The summed E-state index contributed by atoms with van der Waals surface area (Å²) < 4.78 is 39.1. The number of anilines is 6. The van der Waals surface area contributed by atoms with Crippen LogP contribution in [0, 0.1) is 5.82 Å². The first-order chi connectivity index (χ1) is 45.1. The second kappa shape index (κ2) is 24.5. The molecule has 0 aromatic heterocycles. The molecule has 2 aliphatic rings. The van der Waals surface area contributed by atoms with E-state index in [9.17, 15) is 0 Å². The van der Waals surface area contributed by atoms with Crippen molar-refractivity contribution in [2.75, 3.05) is 37.2 Å². The zero-order valence-electron chi connectivity index (χ0n) is 51.7. The normalized spacial score (nSPS) is 14.8. The second-order valence-electron chi connectivity index (χ2n) is 23.3. The average molecular weight is 1200 g/mol. The number of hydrogen-bond acceptors (Lipinski definition) is 6. The van der Waals surface area contributed by atoms with Crippen molar-refractivity contribution in [1.82, 2.24) is 0 Å². The largest absolute Gasteiger partial charge is 0.497 e. The highest BCUT2D eigenvalue weighted by Crippen LogP contribution is 2.60. The number of rotatable bonds is 20. The van der Waals surface area contributed by atoms with E-state index in [2.05, 4.69) is 260 Å². The van der Waals surface area contributed by atoms with E-state index < -0.39 is 10.8 Å². The molecule has 7 heteroatoms. The summed E-state index contributed by atoms with van der Waals surface area (Å²) in [5.74, 6) is 2.76. The zero-order chi connectivity index (χ0) is 62.9. The summed E-state index contributed by atoms with van der Waals surface area (Å²) in [4.78, 5) is 4.49. The monoisotopic (exact) mass is 1200 g/mol. The Morgan fingerprint density at radius 2 is 0.728 bits per heavy atom. The number of benzene rings is 12. The van der Waals surface area contributed by atoms with Crippen molar-refractivity contribution in [1.29, 1.82) is 0 Å². The SMILES string of the molecule is C=CCOc1ccc(C2(c3ccc(OC)cc3)c3ccccc3-c3ccc(N(c4ccc(-c5ccc(N(c6cccc(C(=C)C)c6)c6ccc7c(c6)C(c6ccc(OC)cc6)(c6ccc(OCC=C)cc6)c6ccccc6-7)cc5)cc4)c4cccc(F)c4)cc32)cc1. The first kappa shape index (κ1) is 58.3. The standard InChI is InChI=1S/C85H67FN2O4/c1-7-51-91-74-45-31-63(32-46-74)84(61-27-41-72(89-5)42-28-61)80-21-11-9-19-76(80)78-49-39-70(55-82(78)84)87(68-17-13-15-60(53-68)57(3)4)66-35-23-58(24-36-66)59-25-37-67(38-26-59)88(69-18-14-16-65(86)54-69)71-40-50-79-77-20-10-12-22-81(77)85(83(79)56-71,62-29-43-73(90-6)44-30-62)64-33-47-75(48-34-64)92-52-8-2/h7-50,53-56H,1-3,51-52H2,4-6H3. The minimum atomic E-state index is -0.750. The topological polar surface area (TPSA) is 43.4 Å². The maximum Gasteiger partial charge on any atom is 0.125 e. The van der Waals surface area contributed by atoms with Gasteiger partial charge in [-0.2, -0.15) is 0 Å². The lowest BCUT2D eigenvalue weighted by molar-refractivity contribution is 0.363. The van der Waals surface area contributed by atoms with E-state index in [1.165, 1.54) is 17.2 Å². The van der Waals surface area contributed by atoms with E-state index in [0.717, 1.165) is 129 Å². The van der Waals surface area contributed by atoms with E-state index in [1.54, 1.807) is 38.5 Å². The van der Waals surface area contributed by atoms with Crippen LogP contribution in [0.15, 0.2) is 311 Å². The number of allylic oxidation sites excluding steroid dienone is 1. The molecule has 0 fully saturated rings. The zero-order valence-corrected chi connectivity index (χ0v) is 51.7. The molecule has 2 atom stereocenters. The predicted octanol–water partition coefficient (Wildman–Crippen LogP) is 21.3. The molecule has 0 bridgehead atoms. The highest BCUT2D eigenvalue weighted by atomic mass is 19.1. The fourth-order valence-corrected chi connectivity index (χ4v) is 14.0. The Hall–Kier alpha value is -11.4. The van der Waals surface area contributed by atoms with Gasteiger partial charge in [-0.3, -0.25) is 0 Å². The molecule has 0 spiro atoms. The number of halogens is 1. The van der Waals surface area contributed by atoms with Crippen LogP contribution in [-0.2, 0) is 10.8 Å². The lowest BCUT2D eigenvalue weighted by Crippen LogP contribution is -2.28. The van der Waals surface area contributed by atoms with Gasteiger partial charge in [0.1, 0.15) is 42.0 Å². The molecule has 0 radical (unpaired) electrons. The molecule has 0 saturated heterocycles. The van der Waals surface area contributed by atoms with Crippen molar-refractivity contribution in [3.8, 4) is 56.4 Å². The molecular weight excluding hydrogens is 1130 g/mol. The van der Waals surface area contributed by atoms with Gasteiger partial charge in [0.2, 0.25) is 0 Å². The third-order valence-electron chi connectivity index (χ3n) is 18.2. The van der Waals surface area contributed by atoms with Gasteiger partial charge in [-0.15, -0.1) is 0 Å². The molecule has 12 aromatic rings. The first-order valence-electron chi connectivity index (χ1n) is 30.9. The van der Waals surface area contributed by atoms with Gasteiger partial charge in [0.15, 0.2) is 0 Å². The van der Waals surface area contributed by atoms with Crippen molar-refractivity contribution in [2.45, 2.75) is 17.8 Å². The number of hydrogen-bond donors (Lipinski definition) is 0. The Kier molecular flexibility index (Phi) is 15.5. The Morgan fingerprint density at radius 3 is 1.12 bits per heavy atom. The summed E-state index contributed by atoms with van der Waals surface area (Å²) >= 11 is 0. The van der Waals surface area contributed by atoms with Crippen LogP contribution in [0.4, 0.5) is 38.5 Å². The Labute approximate surface area is 538 Å². The molecule has 2 unspecified atom stereocenters. The van der Waals surface area contributed by atoms with Crippen LogP contribution >= 0.6 is 0 Å². The lowest BCUT2D eigenvalue weighted by Gasteiger charge is -2.35. The average Bonchev–Trinajstić information content (AvgIpc) is 1.54. The van der Waals surface area contributed by atoms with Gasteiger partial charge in [-0.25, -0.2) is 4.39 Å². The Balaban J connectivity index is 0.864. The number of fused-ring (bicyclic) bond motifs is 6. The summed E-state index contributed by atoms with van der Waals surface area (Å²) in [6, 6.07) is 97.6. The molecule has 6 nitrogen and oxygen atoms in total. The molecule has 0 N–H and O–H groups in total. The summed E-state index contributed by atoms with van der Waals surface area (Å²) in [6.45, 7) is 15.0. The van der Waals surface area contributed by atoms with E-state index in [4.69, 9.17) is 18.9 Å². The van der Waals surface area contributed by atoms with Crippen molar-refractivity contribution in [3.63, 3.8) is 0 Å². The van der Waals surface area contributed by atoms with Crippen LogP contribution < -0.4 is 28.7 Å². The summed E-state index contributed by atoms with van der Waals surface area (Å²) in [7, 11) is 3.40. The Bertz CT molecular complexity index is 4730. The number of methoxy groups -OCH3 is 2. The van der Waals surface area contributed by atoms with Crippen LogP contribution in [0.2, 0.25) is 0 Å². The molecule has 12 aromatic carbocycles. The fourth-order valence-electron chi connectivity index (χ4n) is 14.0. The van der Waals surface area contributed by atoms with Gasteiger partial charge in [0.05, 0.1) is 25.0 Å². The van der Waals surface area contributed by atoms with Crippen LogP contribution in [0.1, 0.15) is 57.0 Å². The van der Waals surface area contributed by atoms with Gasteiger partial charge in [0, 0.05) is 34.1 Å². The van der Waals surface area contributed by atoms with Crippen LogP contribution in [-0.4, -0.2) is 27.4 Å². The fraction of sp³-hybridized carbons (Fsp3) is 0.0824. The molecule has 0 saturated carbocycles. The van der Waals surface area contributed by atoms with Gasteiger partial charge < -0.3 is 28.7 Å². The van der Waals surface area contributed by atoms with Gasteiger partial charge in [0.25, 0.3) is 0 Å². The molecular formula is C85H67FN2O4. The van der Waals surface area contributed by atoms with Gasteiger partial charge >= 0.3 is 0 Å². The van der Waals surface area contributed by atoms with Crippen LogP contribution in [0.3, 0.4) is 0 Å². The maximum absolute atomic E-state index is 15.6. The molecule has 2 aliphatic carbocycles. The van der Waals surface area contributed by atoms with Gasteiger partial charge in [-0.05, 0) is 218 Å². The molecule has 0 heterocycles. The van der Waals surface area contributed by atoms with Crippen LogP contribution in [0.5, 0.6) is 23.0 Å². The summed E-state index contributed by atoms with van der Waals surface area (Å²) in [5, 5.41) is 0. The second-order valence-corrected chi connectivity index (χ2v) is 23.3. The highest BCUT2D eigenvalue weighted by molar-refractivity contribution is 5.92. The third kappa shape index (κ3) is 10.1. The number of nitrogens with zero attached hydrogens (tertiary/aromatic N) is 2. The van der Waals surface area contributed by atoms with E-state index >= 15 is 4.39 Å². The third-order valence-corrected chi connectivity index (χ3v) is 18.2. The highest BCUT2D eigenvalue weighted by Gasteiger charge is 2.48. The predicted molar refractivity (Wildman–Crippen MR) is 375 cm³/mol. The summed E-state index contributed by atoms with van der Waals surface area (Å²) in [6.07, 6.45) is 3.51. The van der Waals surface area contributed by atoms with Crippen LogP contribution in [0.25, 0.3) is 39.0 Å². The van der Waals surface area contributed by atoms with E-state index in [-0.39, 0.29) is 5.82 Å². The summed E-state index contributed by atoms with van der Waals surface area (Å²) in [5.41, 5.74) is 21.7. The minimum absolute atomic E-state index is 0.327. The number of ether oxygens (including phenoxy) is 4. The molecule has 0 aliphatic heterocycles. The maximum atomic E-state index is 15.6. The quantitative estimate of drug-likeness (QED) is 0.0709.